The van der Waals surface area contributed by atoms with Crippen LogP contribution in [0.1, 0.15) is 10.4 Å². The molecule has 1 aromatic heterocycles. The molecule has 3 aromatic rings. The highest BCUT2D eigenvalue weighted by atomic mass is 35.5. The van der Waals surface area contributed by atoms with Crippen LogP contribution in [0.5, 0.6) is 0 Å². The van der Waals surface area contributed by atoms with Crippen LogP contribution in [0, 0.1) is 0 Å². The largest absolute Gasteiger partial charge is 0.378 e. The Morgan fingerprint density at radius 2 is 1.79 bits per heavy atom. The number of fused-ring (bicyclic) bond motifs is 3. The molecular weight excluding hydrogens is 328 g/mol. The number of hydrogen-bond donors (Lipinski definition) is 1. The number of nitrogens with zero attached hydrogens (tertiary/aromatic N) is 1. The zero-order chi connectivity index (χ0) is 16.7. The summed E-state index contributed by atoms with van der Waals surface area (Å²) in [7, 11) is 0. The number of amides is 1. The molecule has 0 bridgehead atoms. The topological polar surface area (TPSA) is 62.4 Å². The lowest BCUT2D eigenvalue weighted by atomic mass is 10.1. The number of hydrogen-bond acceptors (Lipinski definition) is 3. The number of benzene rings is 2. The average molecular weight is 343 g/mol. The second-order valence-corrected chi connectivity index (χ2v) is 6.25. The maximum Gasteiger partial charge on any atom is 0.295 e. The number of carbonyl (C=O) groups is 2. The standard InChI is InChI=1S/C18H15ClN2O3/c19-12-2-4-15-14(10-12)13-3-1-11(9-16(13)20-15)17(22)18(23)21-5-7-24-8-6-21/h1-4,9-10,20H,5-8H2. The highest BCUT2D eigenvalue weighted by Crippen LogP contribution is 2.28. The zero-order valence-corrected chi connectivity index (χ0v) is 13.6. The van der Waals surface area contributed by atoms with Crippen LogP contribution in [0.3, 0.4) is 0 Å². The van der Waals surface area contributed by atoms with Crippen LogP contribution in [0.2, 0.25) is 5.02 Å². The second-order valence-electron chi connectivity index (χ2n) is 5.81. The Morgan fingerprint density at radius 3 is 2.58 bits per heavy atom. The van der Waals surface area contributed by atoms with Crippen LogP contribution in [0.15, 0.2) is 36.4 Å². The fourth-order valence-electron chi connectivity index (χ4n) is 3.05. The molecule has 5 nitrogen and oxygen atoms in total. The summed E-state index contributed by atoms with van der Waals surface area (Å²) in [5.41, 5.74) is 2.14. The Balaban J connectivity index is 1.70. The van der Waals surface area contributed by atoms with Gasteiger partial charge < -0.3 is 14.6 Å². The van der Waals surface area contributed by atoms with E-state index in [1.165, 1.54) is 0 Å². The molecule has 1 saturated heterocycles. The van der Waals surface area contributed by atoms with E-state index in [4.69, 9.17) is 16.3 Å². The van der Waals surface area contributed by atoms with Crippen molar-refractivity contribution in [3.8, 4) is 0 Å². The van der Waals surface area contributed by atoms with Gasteiger partial charge in [-0.3, -0.25) is 9.59 Å². The van der Waals surface area contributed by atoms with Crippen LogP contribution in [-0.4, -0.2) is 47.9 Å². The predicted octanol–water partition coefficient (Wildman–Crippen LogP) is 3.02. The minimum Gasteiger partial charge on any atom is -0.378 e. The molecule has 1 aliphatic rings. The Bertz CT molecular complexity index is 957. The molecular formula is C18H15ClN2O3. The first-order valence-corrected chi connectivity index (χ1v) is 8.13. The third-order valence-electron chi connectivity index (χ3n) is 4.32. The van der Waals surface area contributed by atoms with E-state index in [0.29, 0.717) is 36.9 Å². The van der Waals surface area contributed by atoms with Gasteiger partial charge in [0.15, 0.2) is 0 Å². The first-order chi connectivity index (χ1) is 11.6. The van der Waals surface area contributed by atoms with Gasteiger partial charge in [0.2, 0.25) is 5.78 Å². The highest BCUT2D eigenvalue weighted by molar-refractivity contribution is 6.43. The van der Waals surface area contributed by atoms with Crippen molar-refractivity contribution in [1.29, 1.82) is 0 Å². The molecule has 0 radical (unpaired) electrons. The predicted molar refractivity (Wildman–Crippen MR) is 92.5 cm³/mol. The van der Waals surface area contributed by atoms with E-state index in [0.717, 1.165) is 21.8 Å². The molecule has 4 rings (SSSR count). The number of ether oxygens (including phenoxy) is 1. The van der Waals surface area contributed by atoms with Crippen molar-refractivity contribution >= 4 is 45.1 Å². The van der Waals surface area contributed by atoms with Crippen molar-refractivity contribution < 1.29 is 14.3 Å². The van der Waals surface area contributed by atoms with E-state index >= 15 is 0 Å². The van der Waals surface area contributed by atoms with Crippen molar-refractivity contribution in [2.75, 3.05) is 26.3 Å². The van der Waals surface area contributed by atoms with E-state index in [1.807, 2.05) is 24.3 Å². The Morgan fingerprint density at radius 1 is 1.00 bits per heavy atom. The fourth-order valence-corrected chi connectivity index (χ4v) is 3.22. The van der Waals surface area contributed by atoms with Gasteiger partial charge >= 0.3 is 0 Å². The third-order valence-corrected chi connectivity index (χ3v) is 4.55. The van der Waals surface area contributed by atoms with Crippen LogP contribution >= 0.6 is 11.6 Å². The summed E-state index contributed by atoms with van der Waals surface area (Å²) in [4.78, 5) is 29.6. The normalized spacial score (nSPS) is 15.1. The third kappa shape index (κ3) is 2.56. The van der Waals surface area contributed by atoms with Gasteiger partial charge in [-0.05, 0) is 24.3 Å². The molecule has 1 N–H and O–H groups in total. The van der Waals surface area contributed by atoms with Gasteiger partial charge in [0.25, 0.3) is 5.91 Å². The van der Waals surface area contributed by atoms with Gasteiger partial charge in [0.1, 0.15) is 0 Å². The Kier molecular flexibility index (Phi) is 3.75. The number of morpholine rings is 1. The maximum atomic E-state index is 12.5. The average Bonchev–Trinajstić information content (AvgIpc) is 2.98. The Hall–Kier alpha value is -2.37. The second kappa shape index (κ2) is 5.92. The number of aromatic amines is 1. The lowest BCUT2D eigenvalue weighted by Gasteiger charge is -2.26. The summed E-state index contributed by atoms with van der Waals surface area (Å²) in [6.45, 7) is 1.86. The zero-order valence-electron chi connectivity index (χ0n) is 12.8. The van der Waals surface area contributed by atoms with Crippen LogP contribution in [0.4, 0.5) is 0 Å². The lowest BCUT2D eigenvalue weighted by molar-refractivity contribution is -0.130. The van der Waals surface area contributed by atoms with Crippen molar-refractivity contribution in [1.82, 2.24) is 9.88 Å². The Labute approximate surface area is 143 Å². The number of aromatic nitrogens is 1. The number of carbonyl (C=O) groups excluding carboxylic acids is 2. The van der Waals surface area contributed by atoms with E-state index in [-0.39, 0.29) is 0 Å². The number of ketones is 1. The molecule has 2 heterocycles. The number of halogens is 1. The van der Waals surface area contributed by atoms with Crippen molar-refractivity contribution in [2.45, 2.75) is 0 Å². The molecule has 1 fully saturated rings. The monoisotopic (exact) mass is 342 g/mol. The highest BCUT2D eigenvalue weighted by Gasteiger charge is 2.25. The molecule has 0 saturated carbocycles. The minimum atomic E-state index is -0.490. The molecule has 0 spiro atoms. The van der Waals surface area contributed by atoms with E-state index in [1.54, 1.807) is 17.0 Å². The van der Waals surface area contributed by atoms with Crippen LogP contribution < -0.4 is 0 Å². The van der Waals surface area contributed by atoms with Gasteiger partial charge in [-0.15, -0.1) is 0 Å². The summed E-state index contributed by atoms with van der Waals surface area (Å²) < 4.78 is 5.22. The summed E-state index contributed by atoms with van der Waals surface area (Å²) in [5.74, 6) is -0.965. The summed E-state index contributed by atoms with van der Waals surface area (Å²) >= 11 is 6.06. The molecule has 0 atom stereocenters. The number of Topliss-reactive ketones (excluding diaryl/α,β-unsaturated/α-hetero) is 1. The molecule has 24 heavy (non-hydrogen) atoms. The molecule has 0 unspecified atom stereocenters. The van der Waals surface area contributed by atoms with Gasteiger partial charge in [-0.2, -0.15) is 0 Å². The number of rotatable bonds is 2. The fraction of sp³-hybridized carbons (Fsp3) is 0.222. The van der Waals surface area contributed by atoms with Crippen molar-refractivity contribution in [2.24, 2.45) is 0 Å². The van der Waals surface area contributed by atoms with Crippen molar-refractivity contribution in [3.05, 3.63) is 47.0 Å². The van der Waals surface area contributed by atoms with Gasteiger partial charge in [0, 0.05) is 45.5 Å². The maximum absolute atomic E-state index is 12.5. The number of nitrogens with one attached hydrogen (secondary N) is 1. The van der Waals surface area contributed by atoms with Gasteiger partial charge in [-0.1, -0.05) is 23.7 Å². The summed E-state index contributed by atoms with van der Waals surface area (Å²) in [5, 5.41) is 2.63. The minimum absolute atomic E-state index is 0.386. The smallest absolute Gasteiger partial charge is 0.295 e. The molecule has 122 valence electrons. The van der Waals surface area contributed by atoms with Gasteiger partial charge in [-0.25, -0.2) is 0 Å². The van der Waals surface area contributed by atoms with Crippen LogP contribution in [0.25, 0.3) is 21.8 Å². The molecule has 0 aliphatic carbocycles. The quantitative estimate of drug-likeness (QED) is 0.575. The first kappa shape index (κ1) is 15.2. The van der Waals surface area contributed by atoms with Crippen LogP contribution in [-0.2, 0) is 9.53 Å². The van der Waals surface area contributed by atoms with Gasteiger partial charge in [0.05, 0.1) is 13.2 Å². The summed E-state index contributed by atoms with van der Waals surface area (Å²) in [6.07, 6.45) is 0. The molecule has 1 aliphatic heterocycles. The molecule has 6 heteroatoms. The SMILES string of the molecule is O=C(C(=O)N1CCOCC1)c1ccc2c(c1)[nH]c1ccc(Cl)cc12. The first-order valence-electron chi connectivity index (χ1n) is 7.76. The van der Waals surface area contributed by atoms with Crippen molar-refractivity contribution in [3.63, 3.8) is 0 Å². The summed E-state index contributed by atoms with van der Waals surface area (Å²) in [6, 6.07) is 10.9. The van der Waals surface area contributed by atoms with E-state index in [9.17, 15) is 9.59 Å². The lowest BCUT2D eigenvalue weighted by Crippen LogP contribution is -2.44. The van der Waals surface area contributed by atoms with E-state index in [2.05, 4.69) is 4.98 Å². The van der Waals surface area contributed by atoms with E-state index < -0.39 is 11.7 Å². The molecule has 2 aromatic carbocycles. The number of H-pyrrole nitrogens is 1. The molecule has 1 amide bonds.